The molecule has 1 rings (SSSR count). The number of hydrogen-bond acceptors (Lipinski definition) is 0. The van der Waals surface area contributed by atoms with Crippen molar-refractivity contribution in [3.05, 3.63) is 34.9 Å². The number of benzene rings is 1. The second-order valence-electron chi connectivity index (χ2n) is 3.24. The summed E-state index contributed by atoms with van der Waals surface area (Å²) < 4.78 is 0. The van der Waals surface area contributed by atoms with Crippen molar-refractivity contribution in [2.75, 3.05) is 0 Å². The van der Waals surface area contributed by atoms with Crippen molar-refractivity contribution in [2.24, 2.45) is 0 Å². The fourth-order valence-corrected chi connectivity index (χ4v) is 1.61. The van der Waals surface area contributed by atoms with Gasteiger partial charge in [-0.15, -0.1) is 0 Å². The molecule has 0 spiro atoms. The van der Waals surface area contributed by atoms with Gasteiger partial charge in [-0.1, -0.05) is 44.0 Å². The van der Waals surface area contributed by atoms with E-state index in [0.717, 1.165) is 5.02 Å². The van der Waals surface area contributed by atoms with Gasteiger partial charge in [-0.2, -0.15) is 0 Å². The van der Waals surface area contributed by atoms with Gasteiger partial charge in [-0.25, -0.2) is 0 Å². The molecule has 1 atom stereocenters. The van der Waals surface area contributed by atoms with Gasteiger partial charge in [-0.3, -0.25) is 0 Å². The predicted molar refractivity (Wildman–Crippen MR) is 54.8 cm³/mol. The van der Waals surface area contributed by atoms with Gasteiger partial charge in [0.1, 0.15) is 0 Å². The molecule has 0 amide bonds. The third-order valence-electron chi connectivity index (χ3n) is 2.14. The summed E-state index contributed by atoms with van der Waals surface area (Å²) in [6.45, 7) is 4.45. The van der Waals surface area contributed by atoms with Crippen LogP contribution in [0.25, 0.3) is 0 Å². The molecule has 0 aliphatic rings. The third kappa shape index (κ3) is 2.53. The molecule has 0 bridgehead atoms. The van der Waals surface area contributed by atoms with Crippen LogP contribution in [0.3, 0.4) is 0 Å². The van der Waals surface area contributed by atoms with E-state index in [1.807, 2.05) is 12.1 Å². The fourth-order valence-electron chi connectivity index (χ4n) is 1.41. The Bertz CT molecular complexity index is 243. The zero-order valence-corrected chi connectivity index (χ0v) is 8.43. The Kier molecular flexibility index (Phi) is 3.61. The molecule has 0 saturated carbocycles. The van der Waals surface area contributed by atoms with Crippen molar-refractivity contribution in [3.8, 4) is 0 Å². The average Bonchev–Trinajstić information content (AvgIpc) is 2.05. The van der Waals surface area contributed by atoms with Gasteiger partial charge in [-0.05, 0) is 30.0 Å². The fraction of sp³-hybridized carbons (Fsp3) is 0.455. The first-order valence-corrected chi connectivity index (χ1v) is 4.87. The van der Waals surface area contributed by atoms with Crippen LogP contribution in [0.2, 0.25) is 5.02 Å². The van der Waals surface area contributed by atoms with E-state index in [9.17, 15) is 0 Å². The predicted octanol–water partition coefficient (Wildman–Crippen LogP) is 4.24. The minimum atomic E-state index is 0.633. The van der Waals surface area contributed by atoms with Gasteiger partial charge in [0.15, 0.2) is 0 Å². The number of hydrogen-bond donors (Lipinski definition) is 0. The Morgan fingerprint density at radius 1 is 1.42 bits per heavy atom. The van der Waals surface area contributed by atoms with Crippen LogP contribution >= 0.6 is 11.6 Å². The molecule has 0 heterocycles. The first-order chi connectivity index (χ1) is 5.74. The van der Waals surface area contributed by atoms with Crippen LogP contribution in [0.5, 0.6) is 0 Å². The van der Waals surface area contributed by atoms with Gasteiger partial charge in [0.05, 0.1) is 0 Å². The van der Waals surface area contributed by atoms with Gasteiger partial charge >= 0.3 is 0 Å². The van der Waals surface area contributed by atoms with Crippen LogP contribution in [0.1, 0.15) is 38.2 Å². The van der Waals surface area contributed by atoms with E-state index in [2.05, 4.69) is 26.0 Å². The van der Waals surface area contributed by atoms with Gasteiger partial charge < -0.3 is 0 Å². The highest BCUT2D eigenvalue weighted by atomic mass is 35.5. The molecule has 0 aromatic heterocycles. The van der Waals surface area contributed by atoms with Crippen LogP contribution in [0, 0.1) is 0 Å². The molecule has 1 heteroatoms. The molecule has 66 valence electrons. The minimum Gasteiger partial charge on any atom is -0.0843 e. The molecule has 12 heavy (non-hydrogen) atoms. The Morgan fingerprint density at radius 3 is 2.75 bits per heavy atom. The maximum absolute atomic E-state index is 5.89. The normalized spacial score (nSPS) is 12.9. The maximum Gasteiger partial charge on any atom is 0.0408 e. The van der Waals surface area contributed by atoms with Crippen LogP contribution in [-0.4, -0.2) is 0 Å². The van der Waals surface area contributed by atoms with E-state index in [4.69, 9.17) is 11.6 Å². The van der Waals surface area contributed by atoms with Gasteiger partial charge in [0, 0.05) is 5.02 Å². The Hall–Kier alpha value is -0.490. The van der Waals surface area contributed by atoms with Crippen LogP contribution < -0.4 is 0 Å². The molecule has 0 aliphatic carbocycles. The summed E-state index contributed by atoms with van der Waals surface area (Å²) >= 11 is 5.89. The van der Waals surface area contributed by atoms with Gasteiger partial charge in [0.2, 0.25) is 0 Å². The molecule has 1 unspecified atom stereocenters. The lowest BCUT2D eigenvalue weighted by Crippen LogP contribution is -1.91. The summed E-state index contributed by atoms with van der Waals surface area (Å²) in [5.74, 6) is 0.633. The van der Waals surface area contributed by atoms with E-state index in [0.29, 0.717) is 5.92 Å². The molecule has 1 aromatic rings. The van der Waals surface area contributed by atoms with E-state index in [1.165, 1.54) is 18.4 Å². The molecule has 0 saturated heterocycles. The zero-order chi connectivity index (χ0) is 8.97. The van der Waals surface area contributed by atoms with Crippen LogP contribution in [0.4, 0.5) is 0 Å². The summed E-state index contributed by atoms with van der Waals surface area (Å²) in [6.07, 6.45) is 2.47. The van der Waals surface area contributed by atoms with E-state index in [1.54, 1.807) is 0 Å². The molecular formula is C11H15Cl. The zero-order valence-electron chi connectivity index (χ0n) is 7.68. The Labute approximate surface area is 79.6 Å². The molecule has 1 aromatic carbocycles. The smallest absolute Gasteiger partial charge is 0.0408 e. The monoisotopic (exact) mass is 182 g/mol. The lowest BCUT2D eigenvalue weighted by Gasteiger charge is -2.09. The van der Waals surface area contributed by atoms with E-state index >= 15 is 0 Å². The van der Waals surface area contributed by atoms with Crippen LogP contribution in [-0.2, 0) is 0 Å². The Morgan fingerprint density at radius 2 is 2.17 bits per heavy atom. The van der Waals surface area contributed by atoms with E-state index in [-0.39, 0.29) is 0 Å². The molecule has 0 N–H and O–H groups in total. The van der Waals surface area contributed by atoms with E-state index < -0.39 is 0 Å². The largest absolute Gasteiger partial charge is 0.0843 e. The molecule has 0 aliphatic heterocycles. The standard InChI is InChI=1S/C11H15Cl/c1-3-5-9(2)10-6-4-7-11(12)8-10/h4,6-9H,3,5H2,1-2H3. The van der Waals surface area contributed by atoms with Crippen molar-refractivity contribution >= 4 is 11.6 Å². The number of halogens is 1. The van der Waals surface area contributed by atoms with Crippen molar-refractivity contribution < 1.29 is 0 Å². The summed E-state index contributed by atoms with van der Waals surface area (Å²) in [4.78, 5) is 0. The van der Waals surface area contributed by atoms with Crippen molar-refractivity contribution in [1.29, 1.82) is 0 Å². The first kappa shape index (κ1) is 9.60. The highest BCUT2D eigenvalue weighted by molar-refractivity contribution is 6.30. The van der Waals surface area contributed by atoms with Crippen LogP contribution in [0.15, 0.2) is 24.3 Å². The topological polar surface area (TPSA) is 0 Å². The quantitative estimate of drug-likeness (QED) is 0.656. The summed E-state index contributed by atoms with van der Waals surface area (Å²) in [6, 6.07) is 8.14. The second kappa shape index (κ2) is 4.51. The van der Waals surface area contributed by atoms with Gasteiger partial charge in [0.25, 0.3) is 0 Å². The second-order valence-corrected chi connectivity index (χ2v) is 3.68. The summed E-state index contributed by atoms with van der Waals surface area (Å²) in [5, 5.41) is 0.843. The first-order valence-electron chi connectivity index (χ1n) is 4.49. The Balaban J connectivity index is 2.73. The highest BCUT2D eigenvalue weighted by Gasteiger charge is 2.03. The lowest BCUT2D eigenvalue weighted by molar-refractivity contribution is 0.665. The molecule has 0 nitrogen and oxygen atoms in total. The lowest BCUT2D eigenvalue weighted by atomic mass is 9.97. The maximum atomic E-state index is 5.89. The number of rotatable bonds is 3. The van der Waals surface area contributed by atoms with Crippen molar-refractivity contribution in [1.82, 2.24) is 0 Å². The highest BCUT2D eigenvalue weighted by Crippen LogP contribution is 2.22. The summed E-state index contributed by atoms with van der Waals surface area (Å²) in [7, 11) is 0. The SMILES string of the molecule is CCCC(C)c1cccc(Cl)c1. The molecular weight excluding hydrogens is 168 g/mol. The van der Waals surface area contributed by atoms with Crippen molar-refractivity contribution in [2.45, 2.75) is 32.6 Å². The summed E-state index contributed by atoms with van der Waals surface area (Å²) in [5.41, 5.74) is 1.35. The minimum absolute atomic E-state index is 0.633. The third-order valence-corrected chi connectivity index (χ3v) is 2.37. The average molecular weight is 183 g/mol. The molecule has 0 fully saturated rings. The van der Waals surface area contributed by atoms with Crippen molar-refractivity contribution in [3.63, 3.8) is 0 Å². The molecule has 0 radical (unpaired) electrons.